The molecule has 5 N–H and O–H groups in total. The summed E-state index contributed by atoms with van der Waals surface area (Å²) in [4.78, 5) is 31.3. The number of allylic oxidation sites excluding steroid dienone is 1. The van der Waals surface area contributed by atoms with E-state index < -0.39 is 6.09 Å². The molecular formula is C18H21N5O3. The maximum atomic E-state index is 12.3. The van der Waals surface area contributed by atoms with Gasteiger partial charge in [0.15, 0.2) is 0 Å². The van der Waals surface area contributed by atoms with E-state index in [2.05, 4.69) is 25.3 Å². The van der Waals surface area contributed by atoms with Gasteiger partial charge in [0.05, 0.1) is 24.5 Å². The van der Waals surface area contributed by atoms with Crippen LogP contribution in [0.4, 0.5) is 16.2 Å². The lowest BCUT2D eigenvalue weighted by molar-refractivity contribution is -0.116. The summed E-state index contributed by atoms with van der Waals surface area (Å²) < 4.78 is 4.60. The molecule has 3 rings (SSSR count). The van der Waals surface area contributed by atoms with Crippen molar-refractivity contribution in [1.82, 2.24) is 9.97 Å². The summed E-state index contributed by atoms with van der Waals surface area (Å²) >= 11 is 0. The Labute approximate surface area is 150 Å². The second-order valence-corrected chi connectivity index (χ2v) is 5.95. The van der Waals surface area contributed by atoms with Crippen LogP contribution in [-0.4, -0.2) is 29.1 Å². The van der Waals surface area contributed by atoms with Crippen LogP contribution in [0.3, 0.4) is 0 Å². The number of aromatic nitrogens is 2. The van der Waals surface area contributed by atoms with Crippen LogP contribution < -0.4 is 16.4 Å². The Kier molecular flexibility index (Phi) is 5.33. The van der Waals surface area contributed by atoms with Gasteiger partial charge in [-0.2, -0.15) is 0 Å². The number of fused-ring (bicyclic) bond motifs is 4. The largest absolute Gasteiger partial charge is 0.453 e. The van der Waals surface area contributed by atoms with E-state index in [4.69, 9.17) is 5.73 Å². The van der Waals surface area contributed by atoms with Gasteiger partial charge in [0.25, 0.3) is 0 Å². The lowest BCUT2D eigenvalue weighted by Crippen LogP contribution is -2.14. The number of hydrogen-bond acceptors (Lipinski definition) is 5. The number of hydrogen-bond donors (Lipinski definition) is 4. The van der Waals surface area contributed by atoms with Crippen LogP contribution in [-0.2, 0) is 9.53 Å². The van der Waals surface area contributed by atoms with Gasteiger partial charge in [0.1, 0.15) is 5.82 Å². The Balaban J connectivity index is 2.00. The zero-order chi connectivity index (χ0) is 18.5. The number of nitrogens with zero attached hydrogens (tertiary/aromatic N) is 1. The number of nitrogens with two attached hydrogens (primary N) is 1. The van der Waals surface area contributed by atoms with Crippen LogP contribution in [0, 0.1) is 0 Å². The standard InChI is InChI=1S/C18H21N5O3/c1-26-18(25)21-11-7-8-12-14(9-11)22-16(24)6-4-2-3-5-13(19)17-20-10-15(12)23-17/h2-3,7-10,13H,4-6,19H2,1H3,(H,20,23)(H,21,25)(H,22,24)/b3-2+. The van der Waals surface area contributed by atoms with Gasteiger partial charge in [0.2, 0.25) is 5.91 Å². The van der Waals surface area contributed by atoms with Crippen LogP contribution in [0.2, 0.25) is 0 Å². The predicted molar refractivity (Wildman–Crippen MR) is 98.6 cm³/mol. The van der Waals surface area contributed by atoms with Crippen LogP contribution in [0.25, 0.3) is 11.3 Å². The Morgan fingerprint density at radius 2 is 2.23 bits per heavy atom. The molecule has 1 aliphatic heterocycles. The SMILES string of the molecule is COC(=O)Nc1ccc2c(c1)NC(=O)CC/C=C/CC(N)c1nc-2c[nH]1. The fourth-order valence-electron chi connectivity index (χ4n) is 2.68. The molecule has 136 valence electrons. The zero-order valence-electron chi connectivity index (χ0n) is 14.4. The monoisotopic (exact) mass is 355 g/mol. The zero-order valence-corrected chi connectivity index (χ0v) is 14.4. The number of nitrogens with one attached hydrogen (secondary N) is 3. The molecule has 1 aromatic heterocycles. The summed E-state index contributed by atoms with van der Waals surface area (Å²) in [7, 11) is 1.29. The fraction of sp³-hybridized carbons (Fsp3) is 0.278. The average molecular weight is 355 g/mol. The van der Waals surface area contributed by atoms with Gasteiger partial charge in [0, 0.05) is 23.9 Å². The molecule has 0 aliphatic carbocycles. The number of ether oxygens (including phenoxy) is 1. The second-order valence-electron chi connectivity index (χ2n) is 5.95. The van der Waals surface area contributed by atoms with E-state index in [1.165, 1.54) is 7.11 Å². The van der Waals surface area contributed by atoms with Crippen molar-refractivity contribution in [1.29, 1.82) is 0 Å². The number of amides is 2. The van der Waals surface area contributed by atoms with E-state index in [0.717, 1.165) is 5.56 Å². The Hall–Kier alpha value is -3.13. The van der Waals surface area contributed by atoms with E-state index in [9.17, 15) is 9.59 Å². The minimum atomic E-state index is -0.584. The number of H-pyrrole nitrogens is 1. The molecule has 26 heavy (non-hydrogen) atoms. The Morgan fingerprint density at radius 1 is 1.38 bits per heavy atom. The molecule has 0 fully saturated rings. The highest BCUT2D eigenvalue weighted by molar-refractivity contribution is 5.97. The molecule has 8 nitrogen and oxygen atoms in total. The smallest absolute Gasteiger partial charge is 0.411 e. The van der Waals surface area contributed by atoms with E-state index in [0.29, 0.717) is 42.2 Å². The van der Waals surface area contributed by atoms with Gasteiger partial charge in [-0.15, -0.1) is 0 Å². The third kappa shape index (κ3) is 4.09. The Morgan fingerprint density at radius 3 is 3.04 bits per heavy atom. The highest BCUT2D eigenvalue weighted by Gasteiger charge is 2.16. The normalized spacial score (nSPS) is 18.4. The molecule has 2 bridgehead atoms. The maximum Gasteiger partial charge on any atom is 0.411 e. The van der Waals surface area contributed by atoms with Crippen molar-refractivity contribution in [2.24, 2.45) is 5.73 Å². The summed E-state index contributed by atoms with van der Waals surface area (Å²) in [5.41, 5.74) is 8.61. The van der Waals surface area contributed by atoms with Crippen molar-refractivity contribution in [2.45, 2.75) is 25.3 Å². The highest BCUT2D eigenvalue weighted by atomic mass is 16.5. The minimum Gasteiger partial charge on any atom is -0.453 e. The number of carbonyl (C=O) groups excluding carboxylic acids is 2. The Bertz CT molecular complexity index is 843. The number of benzene rings is 1. The molecule has 0 radical (unpaired) electrons. The van der Waals surface area contributed by atoms with E-state index in [1.54, 1.807) is 24.4 Å². The molecule has 1 aromatic carbocycles. The molecule has 2 heterocycles. The predicted octanol–water partition coefficient (Wildman–Crippen LogP) is 2.93. The van der Waals surface area contributed by atoms with Gasteiger partial charge in [-0.1, -0.05) is 12.2 Å². The molecule has 8 heteroatoms. The maximum absolute atomic E-state index is 12.3. The van der Waals surface area contributed by atoms with Crippen LogP contribution in [0.15, 0.2) is 36.5 Å². The topological polar surface area (TPSA) is 122 Å². The molecule has 2 amide bonds. The molecule has 0 saturated heterocycles. The first kappa shape index (κ1) is 17.7. The van der Waals surface area contributed by atoms with E-state index >= 15 is 0 Å². The number of imidazole rings is 1. The van der Waals surface area contributed by atoms with Crippen molar-refractivity contribution < 1.29 is 14.3 Å². The number of aromatic amines is 1. The summed E-state index contributed by atoms with van der Waals surface area (Å²) in [5.74, 6) is 0.559. The van der Waals surface area contributed by atoms with Crippen molar-refractivity contribution in [3.63, 3.8) is 0 Å². The fourth-order valence-corrected chi connectivity index (χ4v) is 2.68. The molecular weight excluding hydrogens is 334 g/mol. The van der Waals surface area contributed by atoms with Gasteiger partial charge in [-0.05, 0) is 31.0 Å². The minimum absolute atomic E-state index is 0.120. The third-order valence-electron chi connectivity index (χ3n) is 4.05. The van der Waals surface area contributed by atoms with E-state index in [1.807, 2.05) is 12.2 Å². The van der Waals surface area contributed by atoms with E-state index in [-0.39, 0.29) is 11.9 Å². The first-order valence-corrected chi connectivity index (χ1v) is 8.32. The summed E-state index contributed by atoms with van der Waals surface area (Å²) in [6, 6.07) is 4.93. The van der Waals surface area contributed by atoms with Gasteiger partial charge in [-0.3, -0.25) is 10.1 Å². The lowest BCUT2D eigenvalue weighted by Gasteiger charge is -2.12. The molecule has 1 unspecified atom stereocenters. The highest BCUT2D eigenvalue weighted by Crippen LogP contribution is 2.31. The number of anilines is 2. The van der Waals surface area contributed by atoms with Crippen LogP contribution >= 0.6 is 0 Å². The third-order valence-corrected chi connectivity index (χ3v) is 4.05. The van der Waals surface area contributed by atoms with Crippen molar-refractivity contribution in [3.05, 3.63) is 42.4 Å². The average Bonchev–Trinajstić information content (AvgIpc) is 3.11. The second kappa shape index (κ2) is 7.83. The van der Waals surface area contributed by atoms with Gasteiger partial charge < -0.3 is 20.8 Å². The number of methoxy groups -OCH3 is 1. The van der Waals surface area contributed by atoms with Gasteiger partial charge >= 0.3 is 6.09 Å². The summed E-state index contributed by atoms with van der Waals surface area (Å²) in [5, 5.41) is 5.48. The van der Waals surface area contributed by atoms with Crippen LogP contribution in [0.5, 0.6) is 0 Å². The quantitative estimate of drug-likeness (QED) is 0.586. The van der Waals surface area contributed by atoms with Crippen molar-refractivity contribution in [3.8, 4) is 11.3 Å². The number of rotatable bonds is 1. The molecule has 1 atom stereocenters. The molecule has 1 aliphatic rings. The summed E-state index contributed by atoms with van der Waals surface area (Å²) in [6.45, 7) is 0. The first-order chi connectivity index (χ1) is 12.6. The molecule has 2 aromatic rings. The van der Waals surface area contributed by atoms with Crippen molar-refractivity contribution >= 4 is 23.4 Å². The van der Waals surface area contributed by atoms with Crippen molar-refractivity contribution in [2.75, 3.05) is 17.7 Å². The first-order valence-electron chi connectivity index (χ1n) is 8.32. The lowest BCUT2D eigenvalue weighted by atomic mass is 10.1. The molecule has 0 saturated carbocycles. The number of carbonyl (C=O) groups is 2. The summed E-state index contributed by atoms with van der Waals surface area (Å²) in [6.07, 6.45) is 6.69. The van der Waals surface area contributed by atoms with Crippen LogP contribution in [0.1, 0.15) is 31.1 Å². The molecule has 0 spiro atoms. The van der Waals surface area contributed by atoms with Gasteiger partial charge in [-0.25, -0.2) is 9.78 Å².